The Balaban J connectivity index is 1.27. The van der Waals surface area contributed by atoms with E-state index in [1.807, 2.05) is 0 Å². The number of hydrogen-bond acceptors (Lipinski definition) is 4. The highest BCUT2D eigenvalue weighted by Gasteiger charge is 2.29. The topological polar surface area (TPSA) is 80.3 Å². The van der Waals surface area contributed by atoms with Crippen LogP contribution in [0.5, 0.6) is 0 Å². The zero-order chi connectivity index (χ0) is 20.9. The predicted molar refractivity (Wildman–Crippen MR) is 110 cm³/mol. The summed E-state index contributed by atoms with van der Waals surface area (Å²) < 4.78 is 18.7. The number of benzene rings is 1. The standard InChI is InChI=1S/C23H26FN3O3/c24-18-3-1-2-16(12-18)21-9-6-17(13-25-21)23(29)26-19-7-4-15(5-8-19)22(28)27-20-10-11-30-14-20/h1-3,6,9,12-13,15,19-20H,4-5,7-8,10-11,14H2,(H,26,29)(H,27,28)/t15?,19?,20-/m1/s1. The van der Waals surface area contributed by atoms with Crippen molar-refractivity contribution in [3.05, 3.63) is 54.0 Å². The molecule has 6 nitrogen and oxygen atoms in total. The Hall–Kier alpha value is -2.80. The average Bonchev–Trinajstić information content (AvgIpc) is 3.27. The smallest absolute Gasteiger partial charge is 0.253 e. The molecule has 1 aromatic carbocycles. The lowest BCUT2D eigenvalue weighted by Crippen LogP contribution is -2.43. The molecule has 1 atom stereocenters. The highest BCUT2D eigenvalue weighted by molar-refractivity contribution is 5.94. The largest absolute Gasteiger partial charge is 0.379 e. The fourth-order valence-electron chi connectivity index (χ4n) is 4.08. The van der Waals surface area contributed by atoms with Gasteiger partial charge in [-0.3, -0.25) is 14.6 Å². The third-order valence-electron chi connectivity index (χ3n) is 5.86. The van der Waals surface area contributed by atoms with Crippen molar-refractivity contribution < 1.29 is 18.7 Å². The first kappa shape index (κ1) is 20.5. The zero-order valence-electron chi connectivity index (χ0n) is 16.8. The molecule has 4 rings (SSSR count). The molecule has 2 N–H and O–H groups in total. The zero-order valence-corrected chi connectivity index (χ0v) is 16.8. The van der Waals surface area contributed by atoms with Crippen LogP contribution >= 0.6 is 0 Å². The maximum atomic E-state index is 13.4. The molecule has 2 heterocycles. The summed E-state index contributed by atoms with van der Waals surface area (Å²) in [5, 5.41) is 6.11. The molecule has 1 saturated heterocycles. The van der Waals surface area contributed by atoms with E-state index in [4.69, 9.17) is 4.74 Å². The van der Waals surface area contributed by atoms with Gasteiger partial charge in [0.05, 0.1) is 23.9 Å². The number of nitrogens with one attached hydrogen (secondary N) is 2. The number of halogens is 1. The summed E-state index contributed by atoms with van der Waals surface area (Å²) in [4.78, 5) is 29.2. The molecule has 2 fully saturated rings. The molecular formula is C23H26FN3O3. The lowest BCUT2D eigenvalue weighted by Gasteiger charge is -2.29. The van der Waals surface area contributed by atoms with Gasteiger partial charge in [-0.05, 0) is 56.4 Å². The quantitative estimate of drug-likeness (QED) is 0.792. The molecule has 0 unspecified atom stereocenters. The molecule has 158 valence electrons. The number of carbonyl (C=O) groups excluding carboxylic acids is 2. The van der Waals surface area contributed by atoms with E-state index in [-0.39, 0.29) is 35.6 Å². The first-order chi connectivity index (χ1) is 14.6. The van der Waals surface area contributed by atoms with Crippen LogP contribution in [0.1, 0.15) is 42.5 Å². The van der Waals surface area contributed by atoms with E-state index in [0.29, 0.717) is 30.0 Å². The molecular weight excluding hydrogens is 385 g/mol. The Morgan fingerprint density at radius 1 is 1.00 bits per heavy atom. The Labute approximate surface area is 175 Å². The average molecular weight is 411 g/mol. The fraction of sp³-hybridized carbons (Fsp3) is 0.435. The van der Waals surface area contributed by atoms with Gasteiger partial charge >= 0.3 is 0 Å². The van der Waals surface area contributed by atoms with Crippen molar-refractivity contribution >= 4 is 11.8 Å². The van der Waals surface area contributed by atoms with Gasteiger partial charge in [0.1, 0.15) is 5.82 Å². The predicted octanol–water partition coefficient (Wildman–Crippen LogP) is 3.08. The molecule has 7 heteroatoms. The molecule has 2 amide bonds. The molecule has 1 aliphatic heterocycles. The molecule has 0 bridgehead atoms. The monoisotopic (exact) mass is 411 g/mol. The Kier molecular flexibility index (Phi) is 6.38. The molecule has 0 radical (unpaired) electrons. The summed E-state index contributed by atoms with van der Waals surface area (Å²) in [6, 6.07) is 9.81. The van der Waals surface area contributed by atoms with E-state index in [1.165, 1.54) is 18.3 Å². The Morgan fingerprint density at radius 3 is 2.50 bits per heavy atom. The molecule has 1 aromatic heterocycles. The second-order valence-corrected chi connectivity index (χ2v) is 8.03. The SMILES string of the molecule is O=C(NC1CCC(C(=O)N[C@@H]2CCOC2)CC1)c1ccc(-c2cccc(F)c2)nc1. The second kappa shape index (κ2) is 9.34. The van der Waals surface area contributed by atoms with Crippen LogP contribution in [0.4, 0.5) is 4.39 Å². The first-order valence-electron chi connectivity index (χ1n) is 10.5. The highest BCUT2D eigenvalue weighted by Crippen LogP contribution is 2.25. The van der Waals surface area contributed by atoms with Crippen molar-refractivity contribution in [1.29, 1.82) is 0 Å². The van der Waals surface area contributed by atoms with Crippen LogP contribution in [-0.2, 0) is 9.53 Å². The summed E-state index contributed by atoms with van der Waals surface area (Å²) in [5.41, 5.74) is 1.75. The van der Waals surface area contributed by atoms with Gasteiger partial charge < -0.3 is 15.4 Å². The maximum Gasteiger partial charge on any atom is 0.253 e. The summed E-state index contributed by atoms with van der Waals surface area (Å²) in [7, 11) is 0. The fourth-order valence-corrected chi connectivity index (χ4v) is 4.08. The van der Waals surface area contributed by atoms with Gasteiger partial charge in [0.25, 0.3) is 5.91 Å². The Morgan fingerprint density at radius 2 is 1.83 bits per heavy atom. The minimum Gasteiger partial charge on any atom is -0.379 e. The summed E-state index contributed by atoms with van der Waals surface area (Å²) in [6.45, 7) is 1.31. The van der Waals surface area contributed by atoms with Crippen molar-refractivity contribution in [2.24, 2.45) is 5.92 Å². The molecule has 0 spiro atoms. The number of nitrogens with zero attached hydrogens (tertiary/aromatic N) is 1. The van der Waals surface area contributed by atoms with E-state index in [0.717, 1.165) is 32.1 Å². The minimum absolute atomic E-state index is 0.00553. The van der Waals surface area contributed by atoms with Gasteiger partial charge in [0, 0.05) is 30.3 Å². The lowest BCUT2D eigenvalue weighted by atomic mass is 9.85. The third-order valence-corrected chi connectivity index (χ3v) is 5.86. The van der Waals surface area contributed by atoms with E-state index < -0.39 is 0 Å². The molecule has 1 aliphatic carbocycles. The first-order valence-corrected chi connectivity index (χ1v) is 10.5. The number of carbonyl (C=O) groups is 2. The van der Waals surface area contributed by atoms with Gasteiger partial charge in [-0.1, -0.05) is 12.1 Å². The van der Waals surface area contributed by atoms with E-state index in [9.17, 15) is 14.0 Å². The second-order valence-electron chi connectivity index (χ2n) is 8.03. The van der Waals surface area contributed by atoms with Crippen molar-refractivity contribution in [3.63, 3.8) is 0 Å². The molecule has 2 aromatic rings. The molecule has 2 aliphatic rings. The number of pyridine rings is 1. The maximum absolute atomic E-state index is 13.4. The molecule has 1 saturated carbocycles. The van der Waals surface area contributed by atoms with Crippen molar-refractivity contribution in [1.82, 2.24) is 15.6 Å². The van der Waals surface area contributed by atoms with Crippen molar-refractivity contribution in [3.8, 4) is 11.3 Å². The van der Waals surface area contributed by atoms with E-state index in [1.54, 1.807) is 24.3 Å². The van der Waals surface area contributed by atoms with Crippen LogP contribution in [0.2, 0.25) is 0 Å². The number of amides is 2. The number of rotatable bonds is 5. The number of aromatic nitrogens is 1. The normalized spacial score (nSPS) is 23.7. The van der Waals surface area contributed by atoms with Crippen molar-refractivity contribution in [2.45, 2.75) is 44.2 Å². The van der Waals surface area contributed by atoms with E-state index >= 15 is 0 Å². The van der Waals surface area contributed by atoms with Crippen molar-refractivity contribution in [2.75, 3.05) is 13.2 Å². The number of ether oxygens (including phenoxy) is 1. The van der Waals surface area contributed by atoms with Crippen LogP contribution in [0.3, 0.4) is 0 Å². The third kappa shape index (κ3) is 5.02. The lowest BCUT2D eigenvalue weighted by molar-refractivity contribution is -0.126. The van der Waals surface area contributed by atoms with Gasteiger partial charge in [-0.25, -0.2) is 4.39 Å². The number of hydrogen-bond donors (Lipinski definition) is 2. The van der Waals surface area contributed by atoms with Gasteiger partial charge in [-0.2, -0.15) is 0 Å². The van der Waals surface area contributed by atoms with Gasteiger partial charge in [0.2, 0.25) is 5.91 Å². The summed E-state index contributed by atoms with van der Waals surface area (Å²) in [6.07, 6.45) is 5.48. The highest BCUT2D eigenvalue weighted by atomic mass is 19.1. The minimum atomic E-state index is -0.322. The summed E-state index contributed by atoms with van der Waals surface area (Å²) >= 11 is 0. The molecule has 30 heavy (non-hydrogen) atoms. The van der Waals surface area contributed by atoms with Crippen LogP contribution in [0.15, 0.2) is 42.6 Å². The van der Waals surface area contributed by atoms with E-state index in [2.05, 4.69) is 15.6 Å². The van der Waals surface area contributed by atoms with Crippen LogP contribution in [-0.4, -0.2) is 42.1 Å². The van der Waals surface area contributed by atoms with Gasteiger partial charge in [-0.15, -0.1) is 0 Å². The van der Waals surface area contributed by atoms with Gasteiger partial charge in [0.15, 0.2) is 0 Å². The van der Waals surface area contributed by atoms with Crippen LogP contribution in [0.25, 0.3) is 11.3 Å². The summed E-state index contributed by atoms with van der Waals surface area (Å²) in [5.74, 6) is -0.389. The van der Waals surface area contributed by atoms with Crippen LogP contribution < -0.4 is 10.6 Å². The van der Waals surface area contributed by atoms with Crippen LogP contribution in [0, 0.1) is 11.7 Å². The Bertz CT molecular complexity index is 889.